The highest BCUT2D eigenvalue weighted by Gasteiger charge is 2.28. The molecular formula is C29H33FN2O3. The average molecular weight is 477 g/mol. The van der Waals surface area contributed by atoms with Crippen molar-refractivity contribution in [2.45, 2.75) is 45.1 Å². The van der Waals surface area contributed by atoms with Gasteiger partial charge in [0.1, 0.15) is 5.82 Å². The van der Waals surface area contributed by atoms with E-state index in [1.807, 2.05) is 71.3 Å². The number of aromatic nitrogens is 1. The summed E-state index contributed by atoms with van der Waals surface area (Å²) in [4.78, 5) is 0. The smallest absolute Gasteiger partial charge is 0.148 e. The Morgan fingerprint density at radius 2 is 1.51 bits per heavy atom. The van der Waals surface area contributed by atoms with Crippen LogP contribution in [-0.2, 0) is 34.6 Å². The Morgan fingerprint density at radius 1 is 0.914 bits per heavy atom. The summed E-state index contributed by atoms with van der Waals surface area (Å²) in [6, 6.07) is 24.9. The van der Waals surface area contributed by atoms with Gasteiger partial charge in [-0.15, -0.1) is 0 Å². The minimum atomic E-state index is -0.769. The number of hydrogen-bond acceptors (Lipinski definition) is 4. The third-order valence-corrected chi connectivity index (χ3v) is 6.10. The van der Waals surface area contributed by atoms with Gasteiger partial charge < -0.3 is 24.9 Å². The molecule has 1 heterocycles. The van der Waals surface area contributed by atoms with Gasteiger partial charge in [-0.2, -0.15) is 0 Å². The first-order chi connectivity index (χ1) is 16.8. The van der Waals surface area contributed by atoms with Crippen LogP contribution in [0.4, 0.5) is 10.1 Å². The molecule has 0 aliphatic rings. The SMILES string of the molecule is CC(C)(COCc1ccccc1)c1cc2cc(N)c(F)cc2n1CC(O)COCc1ccccc1. The maximum atomic E-state index is 14.4. The minimum Gasteiger partial charge on any atom is -0.396 e. The van der Waals surface area contributed by atoms with Crippen LogP contribution in [0.25, 0.3) is 10.9 Å². The Hall–Kier alpha value is -3.19. The Balaban J connectivity index is 1.51. The number of nitrogens with two attached hydrogens (primary N) is 1. The molecule has 0 spiro atoms. The summed E-state index contributed by atoms with van der Waals surface area (Å²) in [5.41, 5.74) is 9.31. The number of rotatable bonds is 11. The van der Waals surface area contributed by atoms with Gasteiger partial charge in [0, 0.05) is 22.6 Å². The minimum absolute atomic E-state index is 0.103. The number of aliphatic hydroxyl groups is 1. The molecule has 1 atom stereocenters. The first-order valence-electron chi connectivity index (χ1n) is 11.8. The second-order valence-electron chi connectivity index (χ2n) is 9.59. The van der Waals surface area contributed by atoms with Crippen molar-refractivity contribution in [3.8, 4) is 0 Å². The highest BCUT2D eigenvalue weighted by Crippen LogP contribution is 2.33. The number of hydrogen-bond donors (Lipinski definition) is 2. The van der Waals surface area contributed by atoms with Crippen LogP contribution in [0.3, 0.4) is 0 Å². The monoisotopic (exact) mass is 476 g/mol. The molecule has 0 bridgehead atoms. The molecular weight excluding hydrogens is 443 g/mol. The zero-order valence-electron chi connectivity index (χ0n) is 20.3. The lowest BCUT2D eigenvalue weighted by Gasteiger charge is -2.28. The van der Waals surface area contributed by atoms with E-state index in [9.17, 15) is 9.50 Å². The van der Waals surface area contributed by atoms with E-state index in [4.69, 9.17) is 15.2 Å². The molecule has 3 aromatic carbocycles. The van der Waals surface area contributed by atoms with Gasteiger partial charge >= 0.3 is 0 Å². The zero-order chi connectivity index (χ0) is 24.8. The van der Waals surface area contributed by atoms with E-state index < -0.39 is 17.3 Å². The van der Waals surface area contributed by atoms with Crippen molar-refractivity contribution >= 4 is 16.6 Å². The normalized spacial score (nSPS) is 12.8. The summed E-state index contributed by atoms with van der Waals surface area (Å²) < 4.78 is 28.2. The van der Waals surface area contributed by atoms with Crippen molar-refractivity contribution in [3.05, 3.63) is 102 Å². The van der Waals surface area contributed by atoms with E-state index in [1.165, 1.54) is 6.07 Å². The summed E-state index contributed by atoms with van der Waals surface area (Å²) in [7, 11) is 0. The first-order valence-corrected chi connectivity index (χ1v) is 11.8. The molecule has 5 nitrogen and oxygen atoms in total. The van der Waals surface area contributed by atoms with Gasteiger partial charge in [-0.05, 0) is 23.3 Å². The highest BCUT2D eigenvalue weighted by molar-refractivity contribution is 5.85. The molecule has 4 rings (SSSR count). The molecule has 1 aromatic heterocycles. The van der Waals surface area contributed by atoms with E-state index in [2.05, 4.69) is 13.8 Å². The number of aliphatic hydroxyl groups excluding tert-OH is 1. The number of ether oxygens (including phenoxy) is 2. The molecule has 0 aliphatic heterocycles. The van der Waals surface area contributed by atoms with Crippen molar-refractivity contribution in [2.75, 3.05) is 18.9 Å². The van der Waals surface area contributed by atoms with E-state index in [0.717, 1.165) is 22.2 Å². The van der Waals surface area contributed by atoms with Crippen LogP contribution in [0.15, 0.2) is 78.9 Å². The maximum absolute atomic E-state index is 14.4. The number of halogens is 1. The largest absolute Gasteiger partial charge is 0.396 e. The number of nitrogen functional groups attached to an aromatic ring is 1. The molecule has 184 valence electrons. The van der Waals surface area contributed by atoms with Crippen LogP contribution in [0.5, 0.6) is 0 Å². The Labute approximate surface area is 205 Å². The standard InChI is InChI=1S/C29H33FN2O3/c1-29(2,20-35-18-22-11-7-4-8-12-22)28-14-23-13-26(31)25(30)15-27(23)32(28)16-24(33)19-34-17-21-9-5-3-6-10-21/h3-15,24,33H,16-20,31H2,1-2H3. The van der Waals surface area contributed by atoms with Crippen LogP contribution in [0.2, 0.25) is 0 Å². The number of benzene rings is 3. The van der Waals surface area contributed by atoms with Gasteiger partial charge in [-0.3, -0.25) is 0 Å². The summed E-state index contributed by atoms with van der Waals surface area (Å²) in [5, 5.41) is 11.6. The van der Waals surface area contributed by atoms with Gasteiger partial charge in [-0.1, -0.05) is 74.5 Å². The summed E-state index contributed by atoms with van der Waals surface area (Å²) in [6.07, 6.45) is -0.769. The van der Waals surface area contributed by atoms with Gasteiger partial charge in [-0.25, -0.2) is 4.39 Å². The van der Waals surface area contributed by atoms with Crippen molar-refractivity contribution < 1.29 is 19.0 Å². The van der Waals surface area contributed by atoms with Gasteiger partial charge in [0.15, 0.2) is 0 Å². The van der Waals surface area contributed by atoms with Crippen molar-refractivity contribution in [1.82, 2.24) is 4.57 Å². The van der Waals surface area contributed by atoms with E-state index >= 15 is 0 Å². The van der Waals surface area contributed by atoms with Crippen molar-refractivity contribution in [2.24, 2.45) is 0 Å². The second-order valence-corrected chi connectivity index (χ2v) is 9.59. The number of anilines is 1. The van der Waals surface area contributed by atoms with Gasteiger partial charge in [0.05, 0.1) is 50.3 Å². The molecule has 1 unspecified atom stereocenters. The lowest BCUT2D eigenvalue weighted by Crippen LogP contribution is -2.30. The third-order valence-electron chi connectivity index (χ3n) is 6.10. The lowest BCUT2D eigenvalue weighted by atomic mass is 9.90. The Kier molecular flexibility index (Phi) is 7.86. The topological polar surface area (TPSA) is 69.6 Å². The van der Waals surface area contributed by atoms with Crippen LogP contribution < -0.4 is 5.73 Å². The average Bonchev–Trinajstić information content (AvgIpc) is 3.18. The molecule has 6 heteroatoms. The molecule has 35 heavy (non-hydrogen) atoms. The summed E-state index contributed by atoms with van der Waals surface area (Å²) >= 11 is 0. The van der Waals surface area contributed by atoms with Crippen LogP contribution in [0, 0.1) is 5.82 Å². The summed E-state index contributed by atoms with van der Waals surface area (Å²) in [5.74, 6) is -0.476. The maximum Gasteiger partial charge on any atom is 0.148 e. The molecule has 0 radical (unpaired) electrons. The Bertz CT molecular complexity index is 1240. The molecule has 0 saturated carbocycles. The van der Waals surface area contributed by atoms with Crippen LogP contribution in [0.1, 0.15) is 30.7 Å². The zero-order valence-corrected chi connectivity index (χ0v) is 20.3. The molecule has 0 aliphatic carbocycles. The molecule has 0 saturated heterocycles. The van der Waals surface area contributed by atoms with E-state index in [0.29, 0.717) is 25.3 Å². The summed E-state index contributed by atoms with van der Waals surface area (Å²) in [6.45, 7) is 5.97. The predicted octanol–water partition coefficient (Wildman–Crippen LogP) is 5.43. The third kappa shape index (κ3) is 6.28. The van der Waals surface area contributed by atoms with E-state index in [-0.39, 0.29) is 18.8 Å². The molecule has 4 aromatic rings. The fourth-order valence-electron chi connectivity index (χ4n) is 4.28. The first kappa shape index (κ1) is 24.9. The second kappa shape index (κ2) is 11.0. The fourth-order valence-corrected chi connectivity index (χ4v) is 4.28. The van der Waals surface area contributed by atoms with Crippen LogP contribution in [-0.4, -0.2) is 29.0 Å². The predicted molar refractivity (Wildman–Crippen MR) is 138 cm³/mol. The van der Waals surface area contributed by atoms with Gasteiger partial charge in [0.25, 0.3) is 0 Å². The highest BCUT2D eigenvalue weighted by atomic mass is 19.1. The van der Waals surface area contributed by atoms with Crippen LogP contribution >= 0.6 is 0 Å². The number of fused-ring (bicyclic) bond motifs is 1. The molecule has 0 amide bonds. The van der Waals surface area contributed by atoms with Gasteiger partial charge in [0.2, 0.25) is 0 Å². The fraction of sp³-hybridized carbons (Fsp3) is 0.310. The van der Waals surface area contributed by atoms with E-state index in [1.54, 1.807) is 6.07 Å². The lowest BCUT2D eigenvalue weighted by molar-refractivity contribution is 0.0195. The molecule has 0 fully saturated rings. The number of nitrogens with zero attached hydrogens (tertiary/aromatic N) is 1. The van der Waals surface area contributed by atoms with Crippen molar-refractivity contribution in [3.63, 3.8) is 0 Å². The molecule has 3 N–H and O–H groups in total. The quantitative estimate of drug-likeness (QED) is 0.283. The van der Waals surface area contributed by atoms with Crippen molar-refractivity contribution in [1.29, 1.82) is 0 Å². The Morgan fingerprint density at radius 3 is 2.14 bits per heavy atom.